The summed E-state index contributed by atoms with van der Waals surface area (Å²) in [6, 6.07) is 8.08. The number of carbonyl (C=O) groups is 3. The number of ether oxygens (including phenoxy) is 3. The van der Waals surface area contributed by atoms with Gasteiger partial charge in [-0.25, -0.2) is 9.59 Å². The molecule has 1 saturated heterocycles. The van der Waals surface area contributed by atoms with Gasteiger partial charge in [-0.1, -0.05) is 58.0 Å². The van der Waals surface area contributed by atoms with Gasteiger partial charge in [-0.3, -0.25) is 4.79 Å². The van der Waals surface area contributed by atoms with Crippen LogP contribution in [0.15, 0.2) is 30.3 Å². The monoisotopic (exact) mass is 422 g/mol. The Bertz CT molecular complexity index is 721. The highest BCUT2D eigenvalue weighted by atomic mass is 28.2. The van der Waals surface area contributed by atoms with Gasteiger partial charge in [0.15, 0.2) is 0 Å². The highest BCUT2D eigenvalue weighted by molar-refractivity contribution is 6.41. The molecule has 3 unspecified atom stereocenters. The Morgan fingerprint density at radius 1 is 1.21 bits per heavy atom. The van der Waals surface area contributed by atoms with E-state index in [-0.39, 0.29) is 24.5 Å². The summed E-state index contributed by atoms with van der Waals surface area (Å²) in [6.07, 6.45) is -1.50. The Kier molecular flexibility index (Phi) is 7.66. The molecule has 0 aliphatic carbocycles. The molecule has 2 amide bonds. The van der Waals surface area contributed by atoms with Crippen LogP contribution in [0.4, 0.5) is 9.59 Å². The van der Waals surface area contributed by atoms with Crippen molar-refractivity contribution in [2.75, 3.05) is 13.7 Å². The lowest BCUT2D eigenvalue weighted by Gasteiger charge is -2.49. The van der Waals surface area contributed by atoms with Crippen molar-refractivity contribution in [3.63, 3.8) is 0 Å². The SMILES string of the molecule is COC(=O)OCC1C(NC(=O)OCc2ccccc2)C(=O)N1[SiH2]C(C)C(C)(C)C. The number of amides is 2. The van der Waals surface area contributed by atoms with Crippen LogP contribution in [0.5, 0.6) is 0 Å². The second-order valence-electron chi connectivity index (χ2n) is 8.27. The molecule has 2 rings (SSSR count). The van der Waals surface area contributed by atoms with E-state index in [0.717, 1.165) is 5.56 Å². The van der Waals surface area contributed by atoms with Crippen molar-refractivity contribution in [3.05, 3.63) is 35.9 Å². The molecule has 160 valence electrons. The minimum absolute atomic E-state index is 0.0358. The summed E-state index contributed by atoms with van der Waals surface area (Å²) in [5.74, 6) is -0.164. The summed E-state index contributed by atoms with van der Waals surface area (Å²) in [7, 11) is 0.259. The molecule has 1 aliphatic heterocycles. The number of rotatable bonds is 7. The first kappa shape index (κ1) is 22.7. The van der Waals surface area contributed by atoms with E-state index in [9.17, 15) is 14.4 Å². The number of alkyl carbamates (subject to hydrolysis) is 1. The molecule has 8 nitrogen and oxygen atoms in total. The Labute approximate surface area is 173 Å². The van der Waals surface area contributed by atoms with E-state index in [0.29, 0.717) is 5.54 Å². The van der Waals surface area contributed by atoms with Crippen LogP contribution in [0, 0.1) is 5.41 Å². The molecule has 0 radical (unpaired) electrons. The van der Waals surface area contributed by atoms with Gasteiger partial charge in [0.1, 0.15) is 28.9 Å². The van der Waals surface area contributed by atoms with E-state index in [1.165, 1.54) is 7.11 Å². The highest BCUT2D eigenvalue weighted by Gasteiger charge is 2.49. The number of methoxy groups -OCH3 is 1. The van der Waals surface area contributed by atoms with Crippen molar-refractivity contribution in [1.29, 1.82) is 0 Å². The molecule has 0 spiro atoms. The molecule has 0 aromatic heterocycles. The lowest BCUT2D eigenvalue weighted by atomic mass is 9.93. The Morgan fingerprint density at radius 3 is 2.45 bits per heavy atom. The first-order valence-electron chi connectivity index (χ1n) is 9.62. The van der Waals surface area contributed by atoms with Gasteiger partial charge in [0.25, 0.3) is 0 Å². The van der Waals surface area contributed by atoms with E-state index in [4.69, 9.17) is 9.47 Å². The van der Waals surface area contributed by atoms with Gasteiger partial charge in [-0.05, 0) is 16.5 Å². The minimum Gasteiger partial charge on any atom is -0.445 e. The number of hydrogen-bond acceptors (Lipinski definition) is 6. The van der Waals surface area contributed by atoms with E-state index in [1.807, 2.05) is 30.3 Å². The molecule has 3 atom stereocenters. The number of nitrogens with one attached hydrogen (secondary N) is 1. The smallest absolute Gasteiger partial charge is 0.445 e. The lowest BCUT2D eigenvalue weighted by Crippen LogP contribution is -2.73. The van der Waals surface area contributed by atoms with E-state index in [2.05, 4.69) is 37.7 Å². The molecule has 1 heterocycles. The van der Waals surface area contributed by atoms with Crippen LogP contribution in [0.3, 0.4) is 0 Å². The fourth-order valence-electron chi connectivity index (χ4n) is 2.85. The topological polar surface area (TPSA) is 94.2 Å². The molecule has 1 fully saturated rings. The largest absolute Gasteiger partial charge is 0.508 e. The molecule has 29 heavy (non-hydrogen) atoms. The van der Waals surface area contributed by atoms with E-state index in [1.54, 1.807) is 4.57 Å². The summed E-state index contributed by atoms with van der Waals surface area (Å²) in [5, 5.41) is 2.61. The third kappa shape index (κ3) is 6.21. The van der Waals surface area contributed by atoms with Gasteiger partial charge in [0.2, 0.25) is 5.91 Å². The fourth-order valence-corrected chi connectivity index (χ4v) is 4.95. The zero-order chi connectivity index (χ0) is 21.6. The zero-order valence-electron chi connectivity index (χ0n) is 17.6. The number of carbonyl (C=O) groups excluding carboxylic acids is 3. The van der Waals surface area contributed by atoms with Gasteiger partial charge < -0.3 is 24.1 Å². The van der Waals surface area contributed by atoms with Crippen LogP contribution in [0.25, 0.3) is 0 Å². The Balaban J connectivity index is 1.97. The Morgan fingerprint density at radius 2 is 1.86 bits per heavy atom. The van der Waals surface area contributed by atoms with Crippen LogP contribution in [-0.4, -0.2) is 58.2 Å². The van der Waals surface area contributed by atoms with Crippen molar-refractivity contribution in [2.45, 2.75) is 51.9 Å². The molecule has 0 saturated carbocycles. The summed E-state index contributed by atoms with van der Waals surface area (Å²) in [6.45, 7) is 8.58. The minimum atomic E-state index is -0.963. The number of β-lactam (4-membered cyclic amide) rings is 1. The molecule has 1 aliphatic rings. The van der Waals surface area contributed by atoms with Crippen LogP contribution in [0.1, 0.15) is 33.3 Å². The Hall–Kier alpha value is -2.55. The number of hydrogen-bond donors (Lipinski definition) is 1. The maximum Gasteiger partial charge on any atom is 0.508 e. The molecule has 1 aromatic carbocycles. The quantitative estimate of drug-likeness (QED) is 0.411. The maximum atomic E-state index is 12.7. The van der Waals surface area contributed by atoms with E-state index < -0.39 is 34.0 Å². The molecular formula is C20H30N2O6Si. The van der Waals surface area contributed by atoms with Gasteiger partial charge in [-0.15, -0.1) is 0 Å². The zero-order valence-corrected chi connectivity index (χ0v) is 19.1. The summed E-state index contributed by atoms with van der Waals surface area (Å²) >= 11 is 0. The highest BCUT2D eigenvalue weighted by Crippen LogP contribution is 2.33. The summed E-state index contributed by atoms with van der Waals surface area (Å²) < 4.78 is 16.5. The fraction of sp³-hybridized carbons (Fsp3) is 0.550. The van der Waals surface area contributed by atoms with Crippen molar-refractivity contribution in [2.24, 2.45) is 5.41 Å². The average molecular weight is 423 g/mol. The number of benzene rings is 1. The van der Waals surface area contributed by atoms with Crippen molar-refractivity contribution in [3.8, 4) is 0 Å². The van der Waals surface area contributed by atoms with Crippen molar-refractivity contribution in [1.82, 2.24) is 9.88 Å². The molecule has 0 bridgehead atoms. The molecule has 9 heteroatoms. The molecular weight excluding hydrogens is 392 g/mol. The van der Waals surface area contributed by atoms with Crippen LogP contribution < -0.4 is 5.32 Å². The first-order valence-corrected chi connectivity index (χ1v) is 11.1. The second kappa shape index (κ2) is 9.77. The van der Waals surface area contributed by atoms with Crippen LogP contribution in [0.2, 0.25) is 5.54 Å². The standard InChI is InChI=1S/C20H30N2O6Si/c1-13(20(2,3)4)29-22-15(12-28-19(25)26-5)16(17(22)23)21-18(24)27-11-14-9-7-6-8-10-14/h6-10,13,15-16H,11-12,29H2,1-5H3,(H,21,24). The van der Waals surface area contributed by atoms with Crippen molar-refractivity contribution < 1.29 is 28.6 Å². The van der Waals surface area contributed by atoms with Gasteiger partial charge in [-0.2, -0.15) is 0 Å². The third-order valence-corrected chi connectivity index (χ3v) is 8.25. The van der Waals surface area contributed by atoms with E-state index >= 15 is 0 Å². The van der Waals surface area contributed by atoms with Gasteiger partial charge in [0, 0.05) is 0 Å². The van der Waals surface area contributed by atoms with Gasteiger partial charge >= 0.3 is 12.2 Å². The second-order valence-corrected chi connectivity index (χ2v) is 10.5. The number of nitrogens with zero attached hydrogens (tertiary/aromatic N) is 1. The maximum absolute atomic E-state index is 12.7. The summed E-state index contributed by atoms with van der Waals surface area (Å²) in [5.41, 5.74) is 1.26. The summed E-state index contributed by atoms with van der Waals surface area (Å²) in [4.78, 5) is 36.2. The molecule has 1 aromatic rings. The predicted octanol–water partition coefficient (Wildman–Crippen LogP) is 2.21. The lowest BCUT2D eigenvalue weighted by molar-refractivity contribution is -0.144. The van der Waals surface area contributed by atoms with Gasteiger partial charge in [0.05, 0.1) is 13.2 Å². The molecule has 1 N–H and O–H groups in total. The normalized spacial score (nSPS) is 20.2. The van der Waals surface area contributed by atoms with Crippen LogP contribution >= 0.6 is 0 Å². The average Bonchev–Trinajstić information content (AvgIpc) is 2.69. The predicted molar refractivity (Wildman–Crippen MR) is 110 cm³/mol. The first-order chi connectivity index (χ1) is 13.6. The third-order valence-electron chi connectivity index (χ3n) is 5.31. The van der Waals surface area contributed by atoms with Crippen LogP contribution in [-0.2, 0) is 25.6 Å². The van der Waals surface area contributed by atoms with Crippen molar-refractivity contribution >= 4 is 27.8 Å².